The molecular weight excluding hydrogens is 571 g/mol. The van der Waals surface area contributed by atoms with Gasteiger partial charge in [0.15, 0.2) is 5.82 Å². The molecule has 2 aromatic heterocycles. The van der Waals surface area contributed by atoms with E-state index in [1.54, 1.807) is 0 Å². The second-order valence-electron chi connectivity index (χ2n) is 11.0. The molecule has 43 heavy (non-hydrogen) atoms. The third kappa shape index (κ3) is 7.63. The van der Waals surface area contributed by atoms with E-state index in [-0.39, 0.29) is 68.6 Å². The molecule has 1 radical (unpaired) electrons. The number of hydrogen-bond donors (Lipinski definition) is 1. The van der Waals surface area contributed by atoms with Gasteiger partial charge in [0.25, 0.3) is 5.56 Å². The van der Waals surface area contributed by atoms with E-state index in [4.69, 9.17) is 19.0 Å². The van der Waals surface area contributed by atoms with Gasteiger partial charge in [0.05, 0.1) is 18.5 Å². The smallest absolute Gasteiger partial charge is 0.439 e. The monoisotopic (exact) mass is 605 g/mol. The van der Waals surface area contributed by atoms with Crippen LogP contribution in [-0.4, -0.2) is 83.8 Å². The third-order valence-electron chi connectivity index (χ3n) is 6.69. The first-order chi connectivity index (χ1) is 20.2. The summed E-state index contributed by atoms with van der Waals surface area (Å²) in [7, 11) is 1.52. The number of nitrogens with one attached hydrogen (secondary N) is 1. The minimum Gasteiger partial charge on any atom is -0.488 e. The van der Waals surface area contributed by atoms with E-state index in [2.05, 4.69) is 17.1 Å². The molecule has 2 heterocycles. The van der Waals surface area contributed by atoms with Crippen LogP contribution in [-0.2, 0) is 12.8 Å². The van der Waals surface area contributed by atoms with Crippen molar-refractivity contribution in [2.75, 3.05) is 7.11 Å². The maximum atomic E-state index is 14.0. The van der Waals surface area contributed by atoms with Crippen molar-refractivity contribution in [2.45, 2.75) is 52.6 Å². The van der Waals surface area contributed by atoms with E-state index in [1.807, 2.05) is 93.6 Å². The third-order valence-corrected chi connectivity index (χ3v) is 6.69. The number of hydrogen-bond acceptors (Lipinski definition) is 7. The Hall–Kier alpha value is -3.28. The number of rotatable bonds is 9. The second kappa shape index (κ2) is 14.0. The molecule has 0 aliphatic heterocycles. The topological polar surface area (TPSA) is 112 Å². The van der Waals surface area contributed by atoms with Gasteiger partial charge in [-0.2, -0.15) is 0 Å². The van der Waals surface area contributed by atoms with Gasteiger partial charge in [0, 0.05) is 68.9 Å². The van der Waals surface area contributed by atoms with E-state index in [9.17, 15) is 9.59 Å². The van der Waals surface area contributed by atoms with Crippen LogP contribution < -0.4 is 20.8 Å². The van der Waals surface area contributed by atoms with Crippen LogP contribution in [0.5, 0.6) is 11.8 Å². The molecule has 0 amide bonds. The molecule has 3 aromatic carbocycles. The Morgan fingerprint density at radius 3 is 2.19 bits per heavy atom. The molecule has 0 spiro atoms. The van der Waals surface area contributed by atoms with Crippen molar-refractivity contribution in [3.8, 4) is 40.0 Å². The fourth-order valence-electron chi connectivity index (χ4n) is 4.87. The first-order valence-electron chi connectivity index (χ1n) is 13.9. The Bertz CT molecular complexity index is 1800. The number of H-pyrrole nitrogens is 1. The summed E-state index contributed by atoms with van der Waals surface area (Å²) >= 11 is 0. The van der Waals surface area contributed by atoms with Crippen LogP contribution in [0.25, 0.3) is 28.2 Å². The summed E-state index contributed by atoms with van der Waals surface area (Å²) in [6.07, 6.45) is 1.90. The Morgan fingerprint density at radius 1 is 0.930 bits per heavy atom. The Labute approximate surface area is 292 Å². The second-order valence-corrected chi connectivity index (χ2v) is 11.0. The van der Waals surface area contributed by atoms with Gasteiger partial charge in [-0.3, -0.25) is 14.3 Å². The predicted octanol–water partition coefficient (Wildman–Crippen LogP) is 5.59. The quantitative estimate of drug-likeness (QED) is 0.218. The summed E-state index contributed by atoms with van der Waals surface area (Å²) in [6, 6.07) is 23.2. The molecule has 10 heteroatoms. The van der Waals surface area contributed by atoms with Crippen molar-refractivity contribution in [3.05, 3.63) is 111 Å². The van der Waals surface area contributed by atoms with Gasteiger partial charge in [-0.25, -0.2) is 14.3 Å². The van der Waals surface area contributed by atoms with Crippen LogP contribution in [0, 0.1) is 0 Å². The van der Waals surface area contributed by atoms with Crippen LogP contribution in [0.2, 0.25) is 0 Å². The molecule has 0 unspecified atom stereocenters. The maximum absolute atomic E-state index is 14.0. The number of aryl methyl sites for hydroxylation is 1. The van der Waals surface area contributed by atoms with Crippen molar-refractivity contribution in [3.63, 3.8) is 0 Å². The Balaban J connectivity index is 0.00000423. The van der Waals surface area contributed by atoms with Gasteiger partial charge in [0.2, 0.25) is 0 Å². The number of aromatic amines is 1. The minimum absolute atomic E-state index is 0. The largest absolute Gasteiger partial charge is 0.488 e. The molecule has 0 saturated heterocycles. The molecule has 0 bridgehead atoms. The summed E-state index contributed by atoms with van der Waals surface area (Å²) < 4.78 is 17.8. The molecule has 0 fully saturated rings. The van der Waals surface area contributed by atoms with Crippen molar-refractivity contribution < 1.29 is 14.0 Å². The summed E-state index contributed by atoms with van der Waals surface area (Å²) in [4.78, 5) is 32.9. The molecule has 5 aromatic rings. The van der Waals surface area contributed by atoms with Crippen molar-refractivity contribution in [1.29, 1.82) is 0 Å². The van der Waals surface area contributed by atoms with Crippen LogP contribution in [0.1, 0.15) is 50.9 Å². The van der Waals surface area contributed by atoms with Crippen LogP contribution in [0.3, 0.4) is 0 Å². The number of methoxy groups -OCH3 is 1. The van der Waals surface area contributed by atoms with Crippen molar-refractivity contribution >= 4 is 51.4 Å². The van der Waals surface area contributed by atoms with E-state index in [0.29, 0.717) is 35.7 Å². The summed E-state index contributed by atoms with van der Waals surface area (Å²) in [5.74, 6) is 0.475. The molecule has 0 atom stereocenters. The predicted molar refractivity (Wildman–Crippen MR) is 167 cm³/mol. The number of aromatic nitrogens is 4. The number of ether oxygens (including phenoxy) is 2. The van der Waals surface area contributed by atoms with Gasteiger partial charge in [-0.15, -0.1) is 0 Å². The van der Waals surface area contributed by atoms with Gasteiger partial charge in [-0.05, 0) is 68.1 Å². The van der Waals surface area contributed by atoms with Crippen LogP contribution in [0.4, 0.5) is 0 Å². The zero-order chi connectivity index (χ0) is 29.9. The number of nitrogens with zero attached hydrogens (tertiary/aromatic N) is 3. The molecule has 9 nitrogen and oxygen atoms in total. The van der Waals surface area contributed by atoms with E-state index in [1.165, 1.54) is 11.7 Å². The molecule has 0 saturated carbocycles. The molecule has 0 aliphatic carbocycles. The molecule has 217 valence electrons. The summed E-state index contributed by atoms with van der Waals surface area (Å²) in [5, 5.41) is 3.85. The first-order valence-corrected chi connectivity index (χ1v) is 13.9. The van der Waals surface area contributed by atoms with Crippen LogP contribution in [0.15, 0.2) is 86.9 Å². The Kier molecular flexibility index (Phi) is 10.6. The SMILES string of the molecule is CCCc1nc(OC)n(-c2ccc(OC(C)(C)C)cc2)c(=O)c1Cc1ccc(-c2ccccc2-c2noc(=O)[nH]2)cc1.[K]. The molecule has 0 aliphatic rings. The van der Waals surface area contributed by atoms with E-state index >= 15 is 0 Å². The van der Waals surface area contributed by atoms with Crippen molar-refractivity contribution in [2.24, 2.45) is 0 Å². The van der Waals surface area contributed by atoms with E-state index in [0.717, 1.165) is 34.4 Å². The van der Waals surface area contributed by atoms with Gasteiger partial charge in [0.1, 0.15) is 11.4 Å². The normalized spacial score (nSPS) is 11.2. The fourth-order valence-corrected chi connectivity index (χ4v) is 4.87. The van der Waals surface area contributed by atoms with E-state index < -0.39 is 5.76 Å². The Morgan fingerprint density at radius 2 is 1.60 bits per heavy atom. The standard InChI is InChI=1S/C33H34N4O5.K/c1-6-9-28-27(30(38)37(31(34-28)40-5)23-16-18-24(19-17-23)41-33(2,3)4)20-21-12-14-22(15-13-21)25-10-7-8-11-26(25)29-35-32(39)42-36-29;/h7-8,10-19H,6,9,20H2,1-5H3,(H,35,36,39);. The molecule has 1 N–H and O–H groups in total. The average molecular weight is 606 g/mol. The molecule has 5 rings (SSSR count). The zero-order valence-electron chi connectivity index (χ0n) is 25.4. The molecular formula is C33H34KN4O5. The van der Waals surface area contributed by atoms with Gasteiger partial charge in [-0.1, -0.05) is 67.0 Å². The first kappa shape index (κ1) is 32.6. The maximum Gasteiger partial charge on any atom is 0.439 e. The van der Waals surface area contributed by atoms with Crippen LogP contribution >= 0.6 is 0 Å². The fraction of sp³-hybridized carbons (Fsp3) is 0.273. The minimum atomic E-state index is -0.606. The van der Waals surface area contributed by atoms with Gasteiger partial charge < -0.3 is 9.47 Å². The number of benzene rings is 3. The van der Waals surface area contributed by atoms with Crippen molar-refractivity contribution in [1.82, 2.24) is 19.7 Å². The zero-order valence-corrected chi connectivity index (χ0v) is 28.6. The summed E-state index contributed by atoms with van der Waals surface area (Å²) in [6.45, 7) is 8.02. The summed E-state index contributed by atoms with van der Waals surface area (Å²) in [5.41, 5.74) is 5.05. The van der Waals surface area contributed by atoms with Gasteiger partial charge >= 0.3 is 11.8 Å². The average Bonchev–Trinajstić information content (AvgIpc) is 3.41.